The van der Waals surface area contributed by atoms with E-state index in [0.29, 0.717) is 0 Å². The monoisotopic (exact) mass is 355 g/mol. The third-order valence-electron chi connectivity index (χ3n) is 4.45. The number of hydrogen-bond acceptors (Lipinski definition) is 5. The van der Waals surface area contributed by atoms with Gasteiger partial charge in [-0.15, -0.1) is 0 Å². The topological polar surface area (TPSA) is 73.9 Å². The van der Waals surface area contributed by atoms with Crippen LogP contribution in [0.25, 0.3) is 11.1 Å². The van der Waals surface area contributed by atoms with Gasteiger partial charge < -0.3 is 19.5 Å². The molecule has 3 rings (SSSR count). The predicted octanol–water partition coefficient (Wildman–Crippen LogP) is 2.71. The van der Waals surface area contributed by atoms with E-state index in [1.165, 1.54) is 14.2 Å². The van der Waals surface area contributed by atoms with Crippen LogP contribution < -0.4 is 5.32 Å². The Bertz CT molecular complexity index is 759. The lowest BCUT2D eigenvalue weighted by atomic mass is 9.98. The van der Waals surface area contributed by atoms with Gasteiger partial charge in [0.1, 0.15) is 6.61 Å². The third kappa shape index (κ3) is 3.55. The van der Waals surface area contributed by atoms with Gasteiger partial charge in [0.15, 0.2) is 6.04 Å². The van der Waals surface area contributed by atoms with Crippen molar-refractivity contribution in [1.82, 2.24) is 5.32 Å². The van der Waals surface area contributed by atoms with Crippen LogP contribution in [0.2, 0.25) is 0 Å². The van der Waals surface area contributed by atoms with Gasteiger partial charge in [0.2, 0.25) is 0 Å². The first-order valence-corrected chi connectivity index (χ1v) is 8.34. The number of carbonyl (C=O) groups is 2. The molecule has 0 aliphatic heterocycles. The number of methoxy groups -OCH3 is 2. The molecule has 2 aromatic carbocycles. The average Bonchev–Trinajstić information content (AvgIpc) is 2.99. The summed E-state index contributed by atoms with van der Waals surface area (Å²) in [5.41, 5.74) is 4.57. The summed E-state index contributed by atoms with van der Waals surface area (Å²) in [5, 5.41) is 2.48. The second-order valence-electron chi connectivity index (χ2n) is 6.00. The Kier molecular flexibility index (Phi) is 5.53. The van der Waals surface area contributed by atoms with Crippen molar-refractivity contribution in [3.05, 3.63) is 59.7 Å². The Labute approximate surface area is 152 Å². The number of rotatable bonds is 6. The van der Waals surface area contributed by atoms with E-state index >= 15 is 0 Å². The molecule has 1 aliphatic carbocycles. The summed E-state index contributed by atoms with van der Waals surface area (Å²) < 4.78 is 15.0. The molecule has 0 heterocycles. The van der Waals surface area contributed by atoms with Gasteiger partial charge in [-0.1, -0.05) is 48.5 Å². The van der Waals surface area contributed by atoms with Crippen molar-refractivity contribution in [3.63, 3.8) is 0 Å². The van der Waals surface area contributed by atoms with Crippen molar-refractivity contribution in [2.24, 2.45) is 0 Å². The molecular formula is C20H21NO5. The van der Waals surface area contributed by atoms with Crippen LogP contribution in [0.5, 0.6) is 0 Å². The number of carbonyl (C=O) groups excluding carboxylic acids is 2. The highest BCUT2D eigenvalue weighted by Gasteiger charge is 2.29. The molecule has 0 saturated heterocycles. The Morgan fingerprint density at radius 1 is 1.00 bits per heavy atom. The summed E-state index contributed by atoms with van der Waals surface area (Å²) in [4.78, 5) is 23.8. The second kappa shape index (κ2) is 8.01. The first-order chi connectivity index (χ1) is 12.7. The van der Waals surface area contributed by atoms with Crippen molar-refractivity contribution in [2.75, 3.05) is 27.4 Å². The van der Waals surface area contributed by atoms with E-state index in [0.717, 1.165) is 22.3 Å². The van der Waals surface area contributed by atoms with Crippen molar-refractivity contribution < 1.29 is 23.8 Å². The van der Waals surface area contributed by atoms with Gasteiger partial charge in [0.25, 0.3) is 0 Å². The lowest BCUT2D eigenvalue weighted by molar-refractivity contribution is -0.144. The number of alkyl carbamates (subject to hydrolysis) is 1. The molecule has 0 unspecified atom stereocenters. The standard InChI is InChI=1S/C20H21NO5/c1-24-12-18(19(22)25-2)21-20(23)26-11-17-15-9-5-3-7-13(15)14-8-4-6-10-16(14)17/h3-10,17-18H,11-12H2,1-2H3,(H,21,23)/t18-/m0/s1. The molecule has 1 amide bonds. The summed E-state index contributed by atoms with van der Waals surface area (Å²) in [5.74, 6) is -0.618. The van der Waals surface area contributed by atoms with E-state index in [2.05, 4.69) is 22.2 Å². The fraction of sp³-hybridized carbons (Fsp3) is 0.300. The quantitative estimate of drug-likeness (QED) is 0.807. The molecule has 0 fully saturated rings. The molecule has 1 atom stereocenters. The smallest absolute Gasteiger partial charge is 0.407 e. The molecule has 0 saturated carbocycles. The number of benzene rings is 2. The summed E-state index contributed by atoms with van der Waals surface area (Å²) in [6, 6.07) is 15.3. The number of esters is 1. The molecule has 1 aliphatic rings. The van der Waals surface area contributed by atoms with Crippen LogP contribution in [0.15, 0.2) is 48.5 Å². The number of fused-ring (bicyclic) bond motifs is 3. The molecule has 136 valence electrons. The van der Waals surface area contributed by atoms with Crippen molar-refractivity contribution in [3.8, 4) is 11.1 Å². The van der Waals surface area contributed by atoms with Crippen molar-refractivity contribution in [1.29, 1.82) is 0 Å². The zero-order chi connectivity index (χ0) is 18.5. The van der Waals surface area contributed by atoms with Crippen molar-refractivity contribution >= 4 is 12.1 Å². The van der Waals surface area contributed by atoms with Crippen LogP contribution in [0.3, 0.4) is 0 Å². The van der Waals surface area contributed by atoms with E-state index in [1.807, 2.05) is 36.4 Å². The molecule has 2 aromatic rings. The molecule has 6 nitrogen and oxygen atoms in total. The van der Waals surface area contributed by atoms with Crippen LogP contribution in [0, 0.1) is 0 Å². The lowest BCUT2D eigenvalue weighted by Gasteiger charge is -2.18. The maximum Gasteiger partial charge on any atom is 0.407 e. The summed E-state index contributed by atoms with van der Waals surface area (Å²) >= 11 is 0. The van der Waals surface area contributed by atoms with Gasteiger partial charge in [-0.25, -0.2) is 9.59 Å². The maximum atomic E-state index is 12.1. The molecule has 26 heavy (non-hydrogen) atoms. The Hall–Kier alpha value is -2.86. The number of amides is 1. The van der Waals surface area contributed by atoms with Gasteiger partial charge in [-0.05, 0) is 22.3 Å². The van der Waals surface area contributed by atoms with Gasteiger partial charge in [0.05, 0.1) is 13.7 Å². The second-order valence-corrected chi connectivity index (χ2v) is 6.00. The summed E-state index contributed by atoms with van der Waals surface area (Å²) in [7, 11) is 2.69. The largest absolute Gasteiger partial charge is 0.467 e. The number of ether oxygens (including phenoxy) is 3. The molecule has 1 N–H and O–H groups in total. The van der Waals surface area contributed by atoms with Crippen LogP contribution in [-0.4, -0.2) is 45.5 Å². The minimum atomic E-state index is -0.902. The zero-order valence-electron chi connectivity index (χ0n) is 14.7. The van der Waals surface area contributed by atoms with Gasteiger partial charge in [-0.2, -0.15) is 0 Å². The molecular weight excluding hydrogens is 334 g/mol. The SMILES string of the molecule is COC[C@H](NC(=O)OCC1c2ccccc2-c2ccccc21)C(=O)OC. The Morgan fingerprint density at radius 2 is 1.58 bits per heavy atom. The third-order valence-corrected chi connectivity index (χ3v) is 4.45. The summed E-state index contributed by atoms with van der Waals surface area (Å²) in [6.45, 7) is 0.192. The van der Waals surface area contributed by atoms with E-state index < -0.39 is 18.1 Å². The van der Waals surface area contributed by atoms with Crippen molar-refractivity contribution in [2.45, 2.75) is 12.0 Å². The van der Waals surface area contributed by atoms with Gasteiger partial charge >= 0.3 is 12.1 Å². The minimum Gasteiger partial charge on any atom is -0.467 e. The predicted molar refractivity (Wildman–Crippen MR) is 95.9 cm³/mol. The van der Waals surface area contributed by atoms with E-state index in [9.17, 15) is 9.59 Å². The first kappa shape index (κ1) is 17.9. The molecule has 0 spiro atoms. The number of nitrogens with one attached hydrogen (secondary N) is 1. The van der Waals surface area contributed by atoms with E-state index in [4.69, 9.17) is 9.47 Å². The summed E-state index contributed by atoms with van der Waals surface area (Å²) in [6.07, 6.45) is -0.681. The molecule has 0 bridgehead atoms. The van der Waals surface area contributed by atoms with E-state index in [-0.39, 0.29) is 19.1 Å². The van der Waals surface area contributed by atoms with Crippen LogP contribution >= 0.6 is 0 Å². The highest BCUT2D eigenvalue weighted by Crippen LogP contribution is 2.44. The Morgan fingerprint density at radius 3 is 2.12 bits per heavy atom. The average molecular weight is 355 g/mol. The Balaban J connectivity index is 1.70. The molecule has 0 radical (unpaired) electrons. The zero-order valence-corrected chi connectivity index (χ0v) is 14.7. The highest BCUT2D eigenvalue weighted by atomic mass is 16.6. The van der Waals surface area contributed by atoms with Gasteiger partial charge in [-0.3, -0.25) is 0 Å². The molecule has 6 heteroatoms. The van der Waals surface area contributed by atoms with Crippen LogP contribution in [-0.2, 0) is 19.0 Å². The fourth-order valence-electron chi connectivity index (χ4n) is 3.26. The lowest BCUT2D eigenvalue weighted by Crippen LogP contribution is -2.45. The highest BCUT2D eigenvalue weighted by molar-refractivity contribution is 5.82. The number of hydrogen-bond donors (Lipinski definition) is 1. The normalized spacial score (nSPS) is 13.5. The fourth-order valence-corrected chi connectivity index (χ4v) is 3.26. The maximum absolute atomic E-state index is 12.1. The van der Waals surface area contributed by atoms with Crippen LogP contribution in [0.4, 0.5) is 4.79 Å². The van der Waals surface area contributed by atoms with E-state index in [1.54, 1.807) is 0 Å². The van der Waals surface area contributed by atoms with Gasteiger partial charge in [0, 0.05) is 13.0 Å². The first-order valence-electron chi connectivity index (χ1n) is 8.34. The molecule has 0 aromatic heterocycles. The minimum absolute atomic E-state index is 0.0108. The van der Waals surface area contributed by atoms with Crippen LogP contribution in [0.1, 0.15) is 17.0 Å².